The number of carbonyl (C=O) groups is 1. The number of aliphatic hydroxyl groups is 3. The molecule has 6 N–H and O–H groups in total. The van der Waals surface area contributed by atoms with E-state index in [0.717, 1.165) is 25.7 Å². The fraction of sp³-hybridized carbons (Fsp3) is 0.750. The van der Waals surface area contributed by atoms with Gasteiger partial charge < -0.3 is 36.2 Å². The van der Waals surface area contributed by atoms with Crippen molar-refractivity contribution >= 4 is 13.8 Å². The van der Waals surface area contributed by atoms with Gasteiger partial charge in [-0.25, -0.2) is 9.36 Å². The second kappa shape index (κ2) is 10.8. The molecule has 1 aliphatic heterocycles. The van der Waals surface area contributed by atoms with Crippen LogP contribution in [0.15, 0.2) is 23.5 Å². The first-order valence-electron chi connectivity index (χ1n) is 10.1. The van der Waals surface area contributed by atoms with Crippen LogP contribution in [-0.2, 0) is 14.1 Å². The third-order valence-electron chi connectivity index (χ3n) is 7.31. The molecule has 11 heteroatoms. The van der Waals surface area contributed by atoms with Crippen LogP contribution in [0.5, 0.6) is 0 Å². The zero-order chi connectivity index (χ0) is 22.9. The molecule has 3 aliphatic rings. The Labute approximate surface area is 206 Å². The summed E-state index contributed by atoms with van der Waals surface area (Å²) in [5.41, 5.74) is 1.01. The van der Waals surface area contributed by atoms with Crippen molar-refractivity contribution in [2.45, 2.75) is 58.5 Å². The van der Waals surface area contributed by atoms with Gasteiger partial charge in [-0.2, -0.15) is 0 Å². The van der Waals surface area contributed by atoms with E-state index < -0.39 is 25.3 Å². The largest absolute Gasteiger partial charge is 1.00 e. The van der Waals surface area contributed by atoms with Crippen molar-refractivity contribution in [3.8, 4) is 0 Å². The van der Waals surface area contributed by atoms with E-state index in [0.29, 0.717) is 18.4 Å². The number of allylic oxidation sites excluding steroid dienone is 1. The predicted octanol–water partition coefficient (Wildman–Crippen LogP) is -0.935. The molecular formula is C20H34NaO9P. The molecule has 0 aromatic carbocycles. The molecule has 0 radical (unpaired) electrons. The molecule has 174 valence electrons. The van der Waals surface area contributed by atoms with Crippen LogP contribution >= 0.6 is 7.82 Å². The number of carbonyl (C=O) groups excluding carboxylic acids is 1. The van der Waals surface area contributed by atoms with Crippen molar-refractivity contribution in [2.24, 2.45) is 22.7 Å². The van der Waals surface area contributed by atoms with Crippen LogP contribution in [0.1, 0.15) is 53.8 Å². The van der Waals surface area contributed by atoms with E-state index in [9.17, 15) is 20.1 Å². The summed E-state index contributed by atoms with van der Waals surface area (Å²) in [6.07, 6.45) is 4.09. The number of aliphatic hydroxyl groups excluding tert-OH is 3. The first kappa shape index (κ1) is 28.8. The SMILES string of the molecule is C=C1CC[C@@H]2[C@](C)(CO)[C@H](O)CC[C@@]2(C)[C@@H]1CCC1=C(O)COC1=O.O=P(O)(O)O.[H-].[Na+]. The molecule has 0 unspecified atom stereocenters. The Morgan fingerprint density at radius 2 is 1.84 bits per heavy atom. The molecule has 0 amide bonds. The summed E-state index contributed by atoms with van der Waals surface area (Å²) in [4.78, 5) is 33.3. The van der Waals surface area contributed by atoms with Crippen LogP contribution in [0, 0.1) is 22.7 Å². The summed E-state index contributed by atoms with van der Waals surface area (Å²) in [5, 5.41) is 30.4. The van der Waals surface area contributed by atoms with E-state index >= 15 is 0 Å². The minimum atomic E-state index is -4.64. The summed E-state index contributed by atoms with van der Waals surface area (Å²) in [6, 6.07) is 0. The van der Waals surface area contributed by atoms with Gasteiger partial charge in [0.1, 0.15) is 12.4 Å². The van der Waals surface area contributed by atoms with E-state index in [1.807, 2.05) is 6.92 Å². The molecule has 3 rings (SSSR count). The minimum Gasteiger partial charge on any atom is -1.00 e. The molecule has 1 heterocycles. The second-order valence-electron chi connectivity index (χ2n) is 9.08. The summed E-state index contributed by atoms with van der Waals surface area (Å²) in [6.45, 7) is 8.48. The van der Waals surface area contributed by atoms with Crippen LogP contribution in [0.3, 0.4) is 0 Å². The molecule has 2 saturated carbocycles. The summed E-state index contributed by atoms with van der Waals surface area (Å²) in [5.74, 6) is 0.0490. The molecule has 31 heavy (non-hydrogen) atoms. The van der Waals surface area contributed by atoms with E-state index in [2.05, 4.69) is 13.5 Å². The zero-order valence-electron chi connectivity index (χ0n) is 19.5. The summed E-state index contributed by atoms with van der Waals surface area (Å²) >= 11 is 0. The fourth-order valence-corrected chi connectivity index (χ4v) is 5.69. The summed E-state index contributed by atoms with van der Waals surface area (Å²) < 4.78 is 13.8. The predicted molar refractivity (Wildman–Crippen MR) is 109 cm³/mol. The Morgan fingerprint density at radius 3 is 2.32 bits per heavy atom. The van der Waals surface area contributed by atoms with Gasteiger partial charge in [0.2, 0.25) is 0 Å². The van der Waals surface area contributed by atoms with Gasteiger partial charge in [0.15, 0.2) is 0 Å². The van der Waals surface area contributed by atoms with Crippen molar-refractivity contribution < 1.29 is 75.1 Å². The Balaban J connectivity index is 0.00000124. The number of phosphoric acid groups is 1. The molecule has 0 saturated heterocycles. The van der Waals surface area contributed by atoms with E-state index in [1.54, 1.807) is 0 Å². The molecule has 0 spiro atoms. The quantitative estimate of drug-likeness (QED) is 0.131. The molecule has 9 nitrogen and oxygen atoms in total. The second-order valence-corrected chi connectivity index (χ2v) is 10.1. The normalized spacial score (nSPS) is 35.5. The number of rotatable bonds is 4. The van der Waals surface area contributed by atoms with Crippen molar-refractivity contribution in [1.82, 2.24) is 0 Å². The minimum absolute atomic E-state index is 0. The average molecular weight is 472 g/mol. The van der Waals surface area contributed by atoms with Gasteiger partial charge in [-0.1, -0.05) is 26.0 Å². The molecule has 0 aromatic heterocycles. The van der Waals surface area contributed by atoms with Gasteiger partial charge in [0.25, 0.3) is 0 Å². The molecule has 0 bridgehead atoms. The number of cyclic esters (lactones) is 1. The molecule has 5 atom stereocenters. The number of ether oxygens (including phenoxy) is 1. The van der Waals surface area contributed by atoms with Crippen molar-refractivity contribution in [2.75, 3.05) is 13.2 Å². The third-order valence-corrected chi connectivity index (χ3v) is 7.31. The molecule has 2 aliphatic carbocycles. The summed E-state index contributed by atoms with van der Waals surface area (Å²) in [7, 11) is -4.64. The maximum absolute atomic E-state index is 11.8. The first-order chi connectivity index (χ1) is 13.7. The number of esters is 1. The standard InChI is InChI=1S/C20H30O5.Na.H3O4P.H/c1-12-4-7-16-19(2,9-8-17(23)20(16,3)11-21)14(12)6-5-13-15(22)10-25-18(13)24;;1-5(2,3)4;/h14,16-17,21-23H,1,4-11H2,2-3H3;;(H3,1,2,3,4);/q;+1;;-1/t14-,16+,17-,19+,20+;;;/m1.../s1. The maximum Gasteiger partial charge on any atom is 1.00 e. The van der Waals surface area contributed by atoms with Crippen LogP contribution in [0.25, 0.3) is 0 Å². The smallest absolute Gasteiger partial charge is 1.00 e. The molecule has 2 fully saturated rings. The Hall–Kier alpha value is -0.220. The van der Waals surface area contributed by atoms with E-state index in [4.69, 9.17) is 24.0 Å². The van der Waals surface area contributed by atoms with Gasteiger partial charge in [-0.05, 0) is 55.8 Å². The average Bonchev–Trinajstić information content (AvgIpc) is 2.95. The topological polar surface area (TPSA) is 165 Å². The zero-order valence-corrected chi connectivity index (χ0v) is 21.3. The van der Waals surface area contributed by atoms with Gasteiger partial charge in [-0.15, -0.1) is 0 Å². The number of fused-ring (bicyclic) bond motifs is 1. The Morgan fingerprint density at radius 1 is 1.26 bits per heavy atom. The monoisotopic (exact) mass is 472 g/mol. The van der Waals surface area contributed by atoms with Crippen LogP contribution < -0.4 is 29.6 Å². The van der Waals surface area contributed by atoms with Gasteiger partial charge in [0, 0.05) is 5.41 Å². The van der Waals surface area contributed by atoms with Crippen LogP contribution in [-0.4, -0.2) is 55.3 Å². The van der Waals surface area contributed by atoms with Crippen LogP contribution in [0.2, 0.25) is 0 Å². The van der Waals surface area contributed by atoms with Crippen molar-refractivity contribution in [1.29, 1.82) is 0 Å². The van der Waals surface area contributed by atoms with Gasteiger partial charge in [0.05, 0.1) is 18.3 Å². The van der Waals surface area contributed by atoms with E-state index in [1.165, 1.54) is 5.57 Å². The Kier molecular flexibility index (Phi) is 10.0. The van der Waals surface area contributed by atoms with Gasteiger partial charge in [-0.3, -0.25) is 0 Å². The van der Waals surface area contributed by atoms with Crippen LogP contribution in [0.4, 0.5) is 0 Å². The molecule has 0 aromatic rings. The molecular weight excluding hydrogens is 438 g/mol. The fourth-order valence-electron chi connectivity index (χ4n) is 5.69. The maximum atomic E-state index is 11.8. The Bertz CT molecular complexity index is 762. The number of hydrogen-bond donors (Lipinski definition) is 6. The van der Waals surface area contributed by atoms with E-state index in [-0.39, 0.29) is 67.2 Å². The third kappa shape index (κ3) is 6.43. The van der Waals surface area contributed by atoms with Crippen molar-refractivity contribution in [3.63, 3.8) is 0 Å². The van der Waals surface area contributed by atoms with Gasteiger partial charge >= 0.3 is 43.3 Å². The van der Waals surface area contributed by atoms with Crippen molar-refractivity contribution in [3.05, 3.63) is 23.5 Å². The number of hydrogen-bond acceptors (Lipinski definition) is 6. The first-order valence-corrected chi connectivity index (χ1v) is 11.6.